The summed E-state index contributed by atoms with van der Waals surface area (Å²) < 4.78 is 5.59. The lowest BCUT2D eigenvalue weighted by atomic mass is 9.99. The fourth-order valence-electron chi connectivity index (χ4n) is 2.19. The van der Waals surface area contributed by atoms with Gasteiger partial charge in [-0.3, -0.25) is 0 Å². The standard InChI is InChI=1S/C13H26N2O/c1-10(16-13(2,3)4)15-9-12(14)11-7-5-6-8-11/h11-12,15H,1,5-9,14H2,2-4H3. The van der Waals surface area contributed by atoms with Crippen LogP contribution >= 0.6 is 0 Å². The summed E-state index contributed by atoms with van der Waals surface area (Å²) in [6.45, 7) is 10.6. The Morgan fingerprint density at radius 2 is 2.00 bits per heavy atom. The normalized spacial score (nSPS) is 19.5. The molecule has 0 aromatic carbocycles. The maximum absolute atomic E-state index is 6.13. The van der Waals surface area contributed by atoms with Gasteiger partial charge in [0.1, 0.15) is 5.60 Å². The van der Waals surface area contributed by atoms with E-state index < -0.39 is 0 Å². The highest BCUT2D eigenvalue weighted by molar-refractivity contribution is 4.87. The summed E-state index contributed by atoms with van der Waals surface area (Å²) in [7, 11) is 0. The molecule has 0 bridgehead atoms. The highest BCUT2D eigenvalue weighted by atomic mass is 16.5. The monoisotopic (exact) mass is 226 g/mol. The summed E-state index contributed by atoms with van der Waals surface area (Å²) >= 11 is 0. The van der Waals surface area contributed by atoms with E-state index in [1.54, 1.807) is 0 Å². The van der Waals surface area contributed by atoms with Crippen LogP contribution in [0, 0.1) is 5.92 Å². The number of hydrogen-bond donors (Lipinski definition) is 2. The molecule has 0 spiro atoms. The first-order valence-corrected chi connectivity index (χ1v) is 6.26. The van der Waals surface area contributed by atoms with E-state index in [0.29, 0.717) is 11.8 Å². The van der Waals surface area contributed by atoms with E-state index in [1.807, 2.05) is 20.8 Å². The molecule has 3 nitrogen and oxygen atoms in total. The van der Waals surface area contributed by atoms with Crippen molar-refractivity contribution in [3.05, 3.63) is 12.5 Å². The van der Waals surface area contributed by atoms with Crippen LogP contribution in [-0.4, -0.2) is 18.2 Å². The first-order chi connectivity index (χ1) is 7.38. The summed E-state index contributed by atoms with van der Waals surface area (Å²) in [5.74, 6) is 1.30. The lowest BCUT2D eigenvalue weighted by Gasteiger charge is -2.25. The van der Waals surface area contributed by atoms with E-state index in [9.17, 15) is 0 Å². The second-order valence-electron chi connectivity index (χ2n) is 5.73. The van der Waals surface area contributed by atoms with Gasteiger partial charge in [0.2, 0.25) is 0 Å². The van der Waals surface area contributed by atoms with Crippen LogP contribution in [0.5, 0.6) is 0 Å². The van der Waals surface area contributed by atoms with E-state index in [0.717, 1.165) is 6.54 Å². The van der Waals surface area contributed by atoms with Crippen LogP contribution < -0.4 is 11.1 Å². The Balaban J connectivity index is 2.20. The summed E-state index contributed by atoms with van der Waals surface area (Å²) in [5.41, 5.74) is 5.94. The van der Waals surface area contributed by atoms with Crippen molar-refractivity contribution in [1.82, 2.24) is 5.32 Å². The van der Waals surface area contributed by atoms with Gasteiger partial charge in [0.05, 0.1) is 0 Å². The molecule has 16 heavy (non-hydrogen) atoms. The zero-order chi connectivity index (χ0) is 12.2. The minimum atomic E-state index is -0.193. The minimum Gasteiger partial charge on any atom is -0.474 e. The molecule has 1 fully saturated rings. The van der Waals surface area contributed by atoms with Crippen molar-refractivity contribution < 1.29 is 4.74 Å². The maximum Gasteiger partial charge on any atom is 0.179 e. The molecule has 1 saturated carbocycles. The average molecular weight is 226 g/mol. The van der Waals surface area contributed by atoms with Crippen molar-refractivity contribution >= 4 is 0 Å². The molecule has 0 aromatic heterocycles. The maximum atomic E-state index is 6.13. The Hall–Kier alpha value is -0.700. The molecule has 1 aliphatic rings. The van der Waals surface area contributed by atoms with Gasteiger partial charge in [0.25, 0.3) is 0 Å². The van der Waals surface area contributed by atoms with Crippen LogP contribution in [0.1, 0.15) is 46.5 Å². The highest BCUT2D eigenvalue weighted by Gasteiger charge is 2.22. The molecule has 0 aliphatic heterocycles. The topological polar surface area (TPSA) is 47.3 Å². The molecule has 0 aromatic rings. The molecule has 3 heteroatoms. The van der Waals surface area contributed by atoms with Gasteiger partial charge >= 0.3 is 0 Å². The third kappa shape index (κ3) is 4.88. The lowest BCUT2D eigenvalue weighted by molar-refractivity contribution is 0.0408. The molecule has 1 unspecified atom stereocenters. The Bertz CT molecular complexity index is 227. The van der Waals surface area contributed by atoms with Gasteiger partial charge < -0.3 is 15.8 Å². The van der Waals surface area contributed by atoms with Gasteiger partial charge in [0, 0.05) is 12.6 Å². The van der Waals surface area contributed by atoms with Gasteiger partial charge in [0.15, 0.2) is 5.88 Å². The number of ether oxygens (including phenoxy) is 1. The lowest BCUT2D eigenvalue weighted by Crippen LogP contribution is -2.39. The zero-order valence-corrected chi connectivity index (χ0v) is 10.9. The van der Waals surface area contributed by atoms with Crippen molar-refractivity contribution in [2.75, 3.05) is 6.54 Å². The number of hydrogen-bond acceptors (Lipinski definition) is 3. The van der Waals surface area contributed by atoms with Crippen LogP contribution in [0.2, 0.25) is 0 Å². The van der Waals surface area contributed by atoms with E-state index >= 15 is 0 Å². The van der Waals surface area contributed by atoms with Gasteiger partial charge in [-0.25, -0.2) is 0 Å². The third-order valence-electron chi connectivity index (χ3n) is 2.97. The molecular formula is C13H26N2O. The van der Waals surface area contributed by atoms with E-state index in [1.165, 1.54) is 25.7 Å². The van der Waals surface area contributed by atoms with Crippen LogP contribution in [0.25, 0.3) is 0 Å². The van der Waals surface area contributed by atoms with Crippen molar-refractivity contribution in [2.45, 2.75) is 58.1 Å². The predicted octanol–water partition coefficient (Wildman–Crippen LogP) is 2.38. The Kier molecular flexibility index (Phi) is 4.66. The fourth-order valence-corrected chi connectivity index (χ4v) is 2.19. The molecule has 3 N–H and O–H groups in total. The Morgan fingerprint density at radius 1 is 1.44 bits per heavy atom. The molecular weight excluding hydrogens is 200 g/mol. The van der Waals surface area contributed by atoms with E-state index in [-0.39, 0.29) is 11.6 Å². The summed E-state index contributed by atoms with van der Waals surface area (Å²) in [5, 5.41) is 3.17. The molecule has 1 rings (SSSR count). The van der Waals surface area contributed by atoms with Crippen LogP contribution in [0.4, 0.5) is 0 Å². The van der Waals surface area contributed by atoms with Gasteiger partial charge in [-0.1, -0.05) is 12.8 Å². The number of nitrogens with one attached hydrogen (secondary N) is 1. The molecule has 0 heterocycles. The van der Waals surface area contributed by atoms with Gasteiger partial charge in [-0.15, -0.1) is 0 Å². The Morgan fingerprint density at radius 3 is 2.50 bits per heavy atom. The highest BCUT2D eigenvalue weighted by Crippen LogP contribution is 2.26. The second-order valence-corrected chi connectivity index (χ2v) is 5.73. The number of rotatable bonds is 5. The molecule has 0 radical (unpaired) electrons. The average Bonchev–Trinajstić information content (AvgIpc) is 2.64. The third-order valence-corrected chi connectivity index (χ3v) is 2.97. The van der Waals surface area contributed by atoms with Crippen LogP contribution in [0.3, 0.4) is 0 Å². The quantitative estimate of drug-likeness (QED) is 0.708. The van der Waals surface area contributed by atoms with Crippen molar-refractivity contribution in [3.8, 4) is 0 Å². The first-order valence-electron chi connectivity index (χ1n) is 6.26. The van der Waals surface area contributed by atoms with Gasteiger partial charge in [-0.05, 0) is 46.1 Å². The van der Waals surface area contributed by atoms with Crippen molar-refractivity contribution in [2.24, 2.45) is 11.7 Å². The van der Waals surface area contributed by atoms with E-state index in [4.69, 9.17) is 10.5 Å². The summed E-state index contributed by atoms with van der Waals surface area (Å²) in [6.07, 6.45) is 5.21. The largest absolute Gasteiger partial charge is 0.474 e. The predicted molar refractivity (Wildman–Crippen MR) is 67.9 cm³/mol. The minimum absolute atomic E-state index is 0.193. The first kappa shape index (κ1) is 13.4. The van der Waals surface area contributed by atoms with Crippen molar-refractivity contribution in [3.63, 3.8) is 0 Å². The van der Waals surface area contributed by atoms with Crippen LogP contribution in [-0.2, 0) is 4.74 Å². The Labute approximate surface area is 99.4 Å². The zero-order valence-electron chi connectivity index (χ0n) is 10.9. The van der Waals surface area contributed by atoms with Gasteiger partial charge in [-0.2, -0.15) is 0 Å². The fraction of sp³-hybridized carbons (Fsp3) is 0.846. The summed E-state index contributed by atoms with van der Waals surface area (Å²) in [4.78, 5) is 0. The molecule has 94 valence electrons. The molecule has 1 atom stereocenters. The molecule has 1 aliphatic carbocycles. The van der Waals surface area contributed by atoms with Crippen LogP contribution in [0.15, 0.2) is 12.5 Å². The SMILES string of the molecule is C=C(NCC(N)C1CCCC1)OC(C)(C)C. The number of nitrogens with two attached hydrogens (primary N) is 1. The molecule has 0 amide bonds. The smallest absolute Gasteiger partial charge is 0.179 e. The van der Waals surface area contributed by atoms with E-state index in [2.05, 4.69) is 11.9 Å². The molecule has 0 saturated heterocycles. The second kappa shape index (κ2) is 5.58. The summed E-state index contributed by atoms with van der Waals surface area (Å²) in [6, 6.07) is 0.225. The van der Waals surface area contributed by atoms with Crippen molar-refractivity contribution in [1.29, 1.82) is 0 Å².